The average molecular weight is 249 g/mol. The summed E-state index contributed by atoms with van der Waals surface area (Å²) in [5.74, 6) is 0. The predicted octanol–water partition coefficient (Wildman–Crippen LogP) is 3.62. The molecule has 1 aliphatic carbocycles. The highest BCUT2D eigenvalue weighted by atomic mass is 35.7. The lowest BCUT2D eigenvalue weighted by atomic mass is 9.93. The Morgan fingerprint density at radius 1 is 1.20 bits per heavy atom. The molecule has 2 nitrogen and oxygen atoms in total. The molecule has 86 valence electrons. The SMILES string of the molecule is CC.CC1(C)C=CC=C(S(=O)(=O)Cl)C=C1. The van der Waals surface area contributed by atoms with E-state index in [2.05, 4.69) is 0 Å². The van der Waals surface area contributed by atoms with Crippen LogP contribution in [0.3, 0.4) is 0 Å². The van der Waals surface area contributed by atoms with Crippen LogP contribution in [0.2, 0.25) is 0 Å². The van der Waals surface area contributed by atoms with Gasteiger partial charge in [0.05, 0.1) is 4.91 Å². The lowest BCUT2D eigenvalue weighted by Gasteiger charge is -2.12. The van der Waals surface area contributed by atoms with Gasteiger partial charge in [-0.25, -0.2) is 8.42 Å². The standard InChI is InChI=1S/C9H11ClO2S.C2H6/c1-9(2)6-3-4-8(5-7-9)13(10,11)12;1-2/h3-7H,1-2H3;1-2H3. The van der Waals surface area contributed by atoms with Gasteiger partial charge in [0.15, 0.2) is 0 Å². The van der Waals surface area contributed by atoms with E-state index < -0.39 is 9.05 Å². The maximum absolute atomic E-state index is 11.0. The normalized spacial score (nSPS) is 18.6. The lowest BCUT2D eigenvalue weighted by Crippen LogP contribution is -2.01. The van der Waals surface area contributed by atoms with Crippen molar-refractivity contribution in [1.29, 1.82) is 0 Å². The molecule has 0 atom stereocenters. The number of hydrogen-bond acceptors (Lipinski definition) is 2. The van der Waals surface area contributed by atoms with Crippen LogP contribution in [0.1, 0.15) is 27.7 Å². The molecule has 0 aromatic carbocycles. The van der Waals surface area contributed by atoms with E-state index in [0.29, 0.717) is 0 Å². The largest absolute Gasteiger partial charge is 0.261 e. The average Bonchev–Trinajstić information content (AvgIpc) is 2.28. The summed E-state index contributed by atoms with van der Waals surface area (Å²) >= 11 is 0. The van der Waals surface area contributed by atoms with E-state index >= 15 is 0 Å². The number of allylic oxidation sites excluding steroid dienone is 5. The molecule has 0 spiro atoms. The summed E-state index contributed by atoms with van der Waals surface area (Å²) in [4.78, 5) is 0.135. The van der Waals surface area contributed by atoms with E-state index in [1.807, 2.05) is 39.8 Å². The van der Waals surface area contributed by atoms with Gasteiger partial charge in [-0.15, -0.1) is 0 Å². The fraction of sp³-hybridized carbons (Fsp3) is 0.455. The van der Waals surface area contributed by atoms with Crippen LogP contribution in [0.25, 0.3) is 0 Å². The molecule has 0 saturated heterocycles. The van der Waals surface area contributed by atoms with Gasteiger partial charge in [0.25, 0.3) is 9.05 Å². The molecule has 0 amide bonds. The molecule has 15 heavy (non-hydrogen) atoms. The first-order valence-corrected chi connectivity index (χ1v) is 7.16. The van der Waals surface area contributed by atoms with E-state index in [4.69, 9.17) is 10.7 Å². The molecule has 0 fully saturated rings. The number of rotatable bonds is 1. The Morgan fingerprint density at radius 2 is 1.73 bits per heavy atom. The van der Waals surface area contributed by atoms with Crippen molar-refractivity contribution >= 4 is 19.7 Å². The molecule has 0 heterocycles. The Labute approximate surface area is 96.8 Å². The minimum Gasteiger partial charge on any atom is -0.207 e. The molecule has 0 aromatic rings. The van der Waals surface area contributed by atoms with Crippen LogP contribution >= 0.6 is 10.7 Å². The van der Waals surface area contributed by atoms with Gasteiger partial charge < -0.3 is 0 Å². The second-order valence-electron chi connectivity index (χ2n) is 3.52. The molecule has 1 rings (SSSR count). The highest BCUT2D eigenvalue weighted by Gasteiger charge is 2.15. The Bertz CT molecular complexity index is 387. The number of hydrogen-bond donors (Lipinski definition) is 0. The van der Waals surface area contributed by atoms with Crippen LogP contribution < -0.4 is 0 Å². The first-order chi connectivity index (χ1) is 6.81. The van der Waals surface area contributed by atoms with E-state index in [0.717, 1.165) is 0 Å². The monoisotopic (exact) mass is 248 g/mol. The van der Waals surface area contributed by atoms with Crippen molar-refractivity contribution in [3.8, 4) is 0 Å². The molecule has 0 aliphatic heterocycles. The van der Waals surface area contributed by atoms with Crippen molar-refractivity contribution in [1.82, 2.24) is 0 Å². The van der Waals surface area contributed by atoms with E-state index in [1.54, 1.807) is 6.08 Å². The summed E-state index contributed by atoms with van der Waals surface area (Å²) in [7, 11) is 1.59. The second-order valence-corrected chi connectivity index (χ2v) is 6.09. The summed E-state index contributed by atoms with van der Waals surface area (Å²) in [6.07, 6.45) is 8.45. The van der Waals surface area contributed by atoms with Crippen LogP contribution in [0.15, 0.2) is 35.3 Å². The molecule has 4 heteroatoms. The highest BCUT2D eigenvalue weighted by molar-refractivity contribution is 8.17. The van der Waals surface area contributed by atoms with Crippen molar-refractivity contribution in [3.05, 3.63) is 35.3 Å². The Hall–Kier alpha value is -0.540. The summed E-state index contributed by atoms with van der Waals surface area (Å²) < 4.78 is 21.9. The van der Waals surface area contributed by atoms with Crippen molar-refractivity contribution in [2.24, 2.45) is 5.41 Å². The molecule has 0 aromatic heterocycles. The molecular weight excluding hydrogens is 232 g/mol. The van der Waals surface area contributed by atoms with Crippen LogP contribution in [-0.2, 0) is 9.05 Å². The molecule has 0 radical (unpaired) electrons. The lowest BCUT2D eigenvalue weighted by molar-refractivity contribution is 0.615. The van der Waals surface area contributed by atoms with Gasteiger partial charge in [-0.1, -0.05) is 45.9 Å². The zero-order valence-corrected chi connectivity index (χ0v) is 11.1. The summed E-state index contributed by atoms with van der Waals surface area (Å²) in [6.45, 7) is 7.97. The van der Waals surface area contributed by atoms with Gasteiger partial charge >= 0.3 is 0 Å². The van der Waals surface area contributed by atoms with E-state index in [9.17, 15) is 8.42 Å². The Kier molecular flexibility index (Phi) is 5.32. The van der Waals surface area contributed by atoms with Crippen molar-refractivity contribution in [3.63, 3.8) is 0 Å². The fourth-order valence-electron chi connectivity index (χ4n) is 0.962. The van der Waals surface area contributed by atoms with Crippen LogP contribution in [0.5, 0.6) is 0 Å². The van der Waals surface area contributed by atoms with E-state index in [1.165, 1.54) is 12.2 Å². The number of halogens is 1. The molecule has 0 unspecified atom stereocenters. The van der Waals surface area contributed by atoms with E-state index in [-0.39, 0.29) is 10.3 Å². The maximum atomic E-state index is 11.0. The van der Waals surface area contributed by atoms with Gasteiger partial charge in [0, 0.05) is 16.1 Å². The minimum absolute atomic E-state index is 0.125. The minimum atomic E-state index is -3.60. The summed E-state index contributed by atoms with van der Waals surface area (Å²) in [6, 6.07) is 0. The van der Waals surface area contributed by atoms with Crippen molar-refractivity contribution < 1.29 is 8.42 Å². The summed E-state index contributed by atoms with van der Waals surface area (Å²) in [5.41, 5.74) is -0.125. The highest BCUT2D eigenvalue weighted by Crippen LogP contribution is 2.25. The third-order valence-corrected chi connectivity index (χ3v) is 3.11. The second kappa shape index (κ2) is 5.52. The topological polar surface area (TPSA) is 34.1 Å². The van der Waals surface area contributed by atoms with Gasteiger partial charge in [-0.2, -0.15) is 0 Å². The van der Waals surface area contributed by atoms with Crippen LogP contribution in [0, 0.1) is 5.41 Å². The molecule has 0 N–H and O–H groups in total. The van der Waals surface area contributed by atoms with Crippen LogP contribution in [0.4, 0.5) is 0 Å². The quantitative estimate of drug-likeness (QED) is 0.665. The van der Waals surface area contributed by atoms with Crippen molar-refractivity contribution in [2.45, 2.75) is 27.7 Å². The first-order valence-electron chi connectivity index (χ1n) is 4.85. The van der Waals surface area contributed by atoms with Gasteiger partial charge in [-0.3, -0.25) is 0 Å². The third-order valence-electron chi connectivity index (χ3n) is 1.74. The summed E-state index contributed by atoms with van der Waals surface area (Å²) in [5, 5.41) is 0. The first kappa shape index (κ1) is 14.5. The Morgan fingerprint density at radius 3 is 2.20 bits per heavy atom. The smallest absolute Gasteiger partial charge is 0.207 e. The van der Waals surface area contributed by atoms with Gasteiger partial charge in [-0.05, 0) is 12.2 Å². The maximum Gasteiger partial charge on any atom is 0.261 e. The predicted molar refractivity (Wildman–Crippen MR) is 66.3 cm³/mol. The van der Waals surface area contributed by atoms with Crippen molar-refractivity contribution in [2.75, 3.05) is 0 Å². The third kappa shape index (κ3) is 5.19. The Balaban J connectivity index is 0.000000921. The fourth-order valence-corrected chi connectivity index (χ4v) is 1.74. The van der Waals surface area contributed by atoms with Gasteiger partial charge in [0.2, 0.25) is 0 Å². The zero-order valence-electron chi connectivity index (χ0n) is 9.49. The van der Waals surface area contributed by atoms with Gasteiger partial charge in [0.1, 0.15) is 0 Å². The molecule has 1 aliphatic rings. The zero-order chi connectivity index (χ0) is 12.1. The molecular formula is C11H17ClO2S. The molecule has 0 bridgehead atoms. The van der Waals surface area contributed by atoms with Crippen LogP contribution in [-0.4, -0.2) is 8.42 Å². The molecule has 0 saturated carbocycles.